The molecule has 1 aromatic heterocycles. The summed E-state index contributed by atoms with van der Waals surface area (Å²) in [5.41, 5.74) is 2.97. The van der Waals surface area contributed by atoms with Gasteiger partial charge in [0.05, 0.1) is 11.1 Å². The van der Waals surface area contributed by atoms with Crippen LogP contribution in [0.2, 0.25) is 0 Å². The summed E-state index contributed by atoms with van der Waals surface area (Å²) in [5, 5.41) is 3.81. The van der Waals surface area contributed by atoms with Crippen LogP contribution in [-0.4, -0.2) is 29.5 Å². The van der Waals surface area contributed by atoms with Crippen LogP contribution < -0.4 is 5.32 Å². The molecule has 3 rings (SSSR count). The van der Waals surface area contributed by atoms with Crippen molar-refractivity contribution < 1.29 is 14.3 Å². The highest BCUT2D eigenvalue weighted by molar-refractivity contribution is 6.05. The molecule has 1 saturated carbocycles. The third-order valence-corrected chi connectivity index (χ3v) is 6.16. The number of nitrogens with one attached hydrogen (secondary N) is 1. The van der Waals surface area contributed by atoms with E-state index < -0.39 is 5.97 Å². The Morgan fingerprint density at radius 1 is 1.21 bits per heavy atom. The fourth-order valence-corrected chi connectivity index (χ4v) is 4.20. The summed E-state index contributed by atoms with van der Waals surface area (Å²) in [7, 11) is 0. The van der Waals surface area contributed by atoms with Crippen LogP contribution in [0.25, 0.3) is 10.9 Å². The summed E-state index contributed by atoms with van der Waals surface area (Å²) in [5.74, 6) is 0.337. The van der Waals surface area contributed by atoms with Crippen molar-refractivity contribution in [1.82, 2.24) is 10.3 Å². The Kier molecular flexibility index (Phi) is 6.32. The zero-order valence-corrected chi connectivity index (χ0v) is 17.2. The van der Waals surface area contributed by atoms with Crippen molar-refractivity contribution >= 4 is 22.8 Å². The van der Waals surface area contributed by atoms with E-state index in [2.05, 4.69) is 24.1 Å². The number of aryl methyl sites for hydroxylation is 1. The van der Waals surface area contributed by atoms with Gasteiger partial charge in [-0.3, -0.25) is 9.78 Å². The zero-order chi connectivity index (χ0) is 20.3. The number of carbonyl (C=O) groups is 2. The number of ether oxygens (including phenoxy) is 1. The number of para-hydroxylation sites is 1. The molecule has 0 spiro atoms. The molecule has 1 aliphatic carbocycles. The van der Waals surface area contributed by atoms with Gasteiger partial charge in [0.1, 0.15) is 0 Å². The van der Waals surface area contributed by atoms with E-state index in [4.69, 9.17) is 4.74 Å². The number of esters is 1. The van der Waals surface area contributed by atoms with Crippen molar-refractivity contribution in [2.45, 2.75) is 59.4 Å². The van der Waals surface area contributed by atoms with E-state index in [1.54, 1.807) is 0 Å². The maximum Gasteiger partial charge on any atom is 0.339 e. The average Bonchev–Trinajstić information content (AvgIpc) is 2.69. The molecule has 2 aromatic rings. The second kappa shape index (κ2) is 8.72. The highest BCUT2D eigenvalue weighted by Gasteiger charge is 2.28. The fourth-order valence-electron chi connectivity index (χ4n) is 4.20. The van der Waals surface area contributed by atoms with Crippen molar-refractivity contribution in [2.24, 2.45) is 11.8 Å². The third kappa shape index (κ3) is 4.18. The zero-order valence-electron chi connectivity index (χ0n) is 17.2. The molecule has 1 aromatic carbocycles. The lowest BCUT2D eigenvalue weighted by atomic mass is 9.78. The van der Waals surface area contributed by atoms with E-state index in [-0.39, 0.29) is 18.6 Å². The molecular weight excluding hydrogens is 352 g/mol. The maximum absolute atomic E-state index is 12.8. The van der Waals surface area contributed by atoms with Gasteiger partial charge in [-0.25, -0.2) is 4.79 Å². The number of benzene rings is 1. The van der Waals surface area contributed by atoms with E-state index in [9.17, 15) is 9.59 Å². The molecule has 28 heavy (non-hydrogen) atoms. The Morgan fingerprint density at radius 2 is 1.96 bits per heavy atom. The Bertz CT molecular complexity index is 878. The minimum absolute atomic E-state index is 0.158. The van der Waals surface area contributed by atoms with Gasteiger partial charge in [-0.05, 0) is 43.2 Å². The smallest absolute Gasteiger partial charge is 0.339 e. The molecule has 5 heteroatoms. The van der Waals surface area contributed by atoms with Crippen molar-refractivity contribution in [3.8, 4) is 0 Å². The molecule has 3 atom stereocenters. The molecule has 1 fully saturated rings. The predicted octanol–water partition coefficient (Wildman–Crippen LogP) is 4.20. The number of hydrogen-bond donors (Lipinski definition) is 1. The van der Waals surface area contributed by atoms with Crippen molar-refractivity contribution in [3.63, 3.8) is 0 Å². The number of hydrogen-bond acceptors (Lipinski definition) is 4. The van der Waals surface area contributed by atoms with Crippen LogP contribution in [0, 0.1) is 18.8 Å². The Hall–Kier alpha value is -2.43. The highest BCUT2D eigenvalue weighted by Crippen LogP contribution is 2.29. The first-order valence-electron chi connectivity index (χ1n) is 10.3. The largest absolute Gasteiger partial charge is 0.452 e. The molecule has 1 N–H and O–H groups in total. The molecule has 1 amide bonds. The molecular formula is C23H30N2O3. The van der Waals surface area contributed by atoms with E-state index in [0.29, 0.717) is 17.4 Å². The standard InChI is InChI=1S/C23H30N2O3/c1-5-18-16(4)22(17-10-6-7-11-20(17)24-18)23(27)28-13-21(26)25-19-12-8-9-14(2)15(19)3/h6-7,10-11,14-15,19H,5,8-9,12-13H2,1-4H3,(H,25,26). The molecule has 0 saturated heterocycles. The number of rotatable bonds is 5. The van der Waals surface area contributed by atoms with Crippen molar-refractivity contribution in [2.75, 3.05) is 6.61 Å². The van der Waals surface area contributed by atoms with Crippen LogP contribution in [0.1, 0.15) is 61.6 Å². The molecule has 3 unspecified atom stereocenters. The van der Waals surface area contributed by atoms with Gasteiger partial charge >= 0.3 is 5.97 Å². The Morgan fingerprint density at radius 3 is 2.71 bits per heavy atom. The lowest BCUT2D eigenvalue weighted by molar-refractivity contribution is -0.125. The normalized spacial score (nSPS) is 22.1. The molecule has 1 aliphatic rings. The topological polar surface area (TPSA) is 68.3 Å². The SMILES string of the molecule is CCc1nc2ccccc2c(C(=O)OCC(=O)NC2CCCC(C)C2C)c1C. The molecule has 0 radical (unpaired) electrons. The number of fused-ring (bicyclic) bond motifs is 1. The Balaban J connectivity index is 1.71. The second-order valence-corrected chi connectivity index (χ2v) is 7.95. The van der Waals surface area contributed by atoms with Gasteiger partial charge in [-0.2, -0.15) is 0 Å². The van der Waals surface area contributed by atoms with Gasteiger partial charge in [0.15, 0.2) is 6.61 Å². The number of amides is 1. The Labute approximate surface area is 166 Å². The fraction of sp³-hybridized carbons (Fsp3) is 0.522. The van der Waals surface area contributed by atoms with Crippen LogP contribution in [0.3, 0.4) is 0 Å². The van der Waals surface area contributed by atoms with Gasteiger partial charge in [-0.15, -0.1) is 0 Å². The van der Waals surface area contributed by atoms with Crippen LogP contribution in [-0.2, 0) is 16.0 Å². The van der Waals surface area contributed by atoms with Crippen LogP contribution >= 0.6 is 0 Å². The first-order chi connectivity index (χ1) is 13.4. The molecule has 0 bridgehead atoms. The molecule has 1 heterocycles. The van der Waals surface area contributed by atoms with Gasteiger partial charge < -0.3 is 10.1 Å². The highest BCUT2D eigenvalue weighted by atomic mass is 16.5. The van der Waals surface area contributed by atoms with Gasteiger partial charge in [-0.1, -0.05) is 51.8 Å². The lowest BCUT2D eigenvalue weighted by Gasteiger charge is -2.34. The van der Waals surface area contributed by atoms with Crippen molar-refractivity contribution in [3.05, 3.63) is 41.1 Å². The van der Waals surface area contributed by atoms with Crippen LogP contribution in [0.4, 0.5) is 0 Å². The molecule has 5 nitrogen and oxygen atoms in total. The average molecular weight is 383 g/mol. The first kappa shape index (κ1) is 20.3. The molecule has 0 aliphatic heterocycles. The maximum atomic E-state index is 12.8. The van der Waals surface area contributed by atoms with Gasteiger partial charge in [0.2, 0.25) is 0 Å². The predicted molar refractivity (Wildman–Crippen MR) is 110 cm³/mol. The van der Waals surface area contributed by atoms with Crippen LogP contribution in [0.5, 0.6) is 0 Å². The third-order valence-electron chi connectivity index (χ3n) is 6.16. The number of carbonyl (C=O) groups excluding carboxylic acids is 2. The summed E-state index contributed by atoms with van der Waals surface area (Å²) in [6.07, 6.45) is 4.04. The van der Waals surface area contributed by atoms with E-state index >= 15 is 0 Å². The van der Waals surface area contributed by atoms with Crippen LogP contribution in [0.15, 0.2) is 24.3 Å². The van der Waals surface area contributed by atoms with E-state index in [0.717, 1.165) is 41.4 Å². The number of aromatic nitrogens is 1. The lowest BCUT2D eigenvalue weighted by Crippen LogP contribution is -2.45. The minimum Gasteiger partial charge on any atom is -0.452 e. The summed E-state index contributed by atoms with van der Waals surface area (Å²) in [6.45, 7) is 8.05. The summed E-state index contributed by atoms with van der Waals surface area (Å²) < 4.78 is 5.40. The van der Waals surface area contributed by atoms with Gasteiger partial charge in [0.25, 0.3) is 5.91 Å². The molecule has 150 valence electrons. The van der Waals surface area contributed by atoms with E-state index in [1.807, 2.05) is 38.1 Å². The summed E-state index contributed by atoms with van der Waals surface area (Å²) >= 11 is 0. The number of pyridine rings is 1. The van der Waals surface area contributed by atoms with E-state index in [1.165, 1.54) is 6.42 Å². The number of nitrogens with zero attached hydrogens (tertiary/aromatic N) is 1. The minimum atomic E-state index is -0.467. The van der Waals surface area contributed by atoms with Crippen molar-refractivity contribution in [1.29, 1.82) is 0 Å². The quantitative estimate of drug-likeness (QED) is 0.787. The summed E-state index contributed by atoms with van der Waals surface area (Å²) in [6, 6.07) is 7.70. The summed E-state index contributed by atoms with van der Waals surface area (Å²) in [4.78, 5) is 29.8. The second-order valence-electron chi connectivity index (χ2n) is 7.95. The monoisotopic (exact) mass is 382 g/mol. The van der Waals surface area contributed by atoms with Gasteiger partial charge in [0, 0.05) is 17.1 Å². The first-order valence-corrected chi connectivity index (χ1v) is 10.3.